The number of aromatic nitrogens is 1. The molecule has 0 N–H and O–H groups in total. The van der Waals surface area contributed by atoms with Gasteiger partial charge in [0, 0.05) is 12.3 Å². The highest BCUT2D eigenvalue weighted by Gasteiger charge is 1.99. The van der Waals surface area contributed by atoms with Crippen LogP contribution >= 0.6 is 11.6 Å². The van der Waals surface area contributed by atoms with Crippen LogP contribution in [0.4, 0.5) is 0 Å². The van der Waals surface area contributed by atoms with E-state index in [-0.39, 0.29) is 0 Å². The van der Waals surface area contributed by atoms with Crippen molar-refractivity contribution in [2.45, 2.75) is 0 Å². The molecule has 0 aliphatic heterocycles. The predicted molar refractivity (Wildman–Crippen MR) is 60.5 cm³/mol. The van der Waals surface area contributed by atoms with Crippen molar-refractivity contribution in [1.82, 2.24) is 4.98 Å². The summed E-state index contributed by atoms with van der Waals surface area (Å²) >= 11 is 5.77. The van der Waals surface area contributed by atoms with Gasteiger partial charge in [-0.15, -0.1) is 0 Å². The van der Waals surface area contributed by atoms with Crippen LogP contribution in [0.1, 0.15) is 5.56 Å². The molecule has 78 valence electrons. The Hall–Kier alpha value is -2.05. The van der Waals surface area contributed by atoms with Crippen molar-refractivity contribution >= 4 is 11.6 Å². The minimum Gasteiger partial charge on any atom is -0.456 e. The maximum Gasteiger partial charge on any atom is 0.147 e. The van der Waals surface area contributed by atoms with Gasteiger partial charge in [-0.25, -0.2) is 0 Å². The molecule has 0 fully saturated rings. The van der Waals surface area contributed by atoms with Gasteiger partial charge >= 0.3 is 0 Å². The fraction of sp³-hybridized carbons (Fsp3) is 0. The van der Waals surface area contributed by atoms with Gasteiger partial charge in [-0.05, 0) is 18.2 Å². The van der Waals surface area contributed by atoms with Crippen LogP contribution in [-0.2, 0) is 0 Å². The van der Waals surface area contributed by atoms with Gasteiger partial charge < -0.3 is 4.74 Å². The molecule has 1 aromatic heterocycles. The topological polar surface area (TPSA) is 45.9 Å². The minimum absolute atomic E-state index is 0.508. The lowest BCUT2D eigenvalue weighted by atomic mass is 10.2. The second-order valence-electron chi connectivity index (χ2n) is 3.08. The first kappa shape index (κ1) is 10.5. The number of rotatable bonds is 2. The van der Waals surface area contributed by atoms with Crippen LogP contribution in [0.5, 0.6) is 11.5 Å². The van der Waals surface area contributed by atoms with Crippen LogP contribution in [0.15, 0.2) is 42.7 Å². The van der Waals surface area contributed by atoms with Crippen molar-refractivity contribution in [3.63, 3.8) is 0 Å². The molecule has 0 amide bonds. The second kappa shape index (κ2) is 4.65. The Morgan fingerprint density at radius 3 is 2.81 bits per heavy atom. The Labute approximate surface area is 97.9 Å². The molecular weight excluding hydrogens is 224 g/mol. The summed E-state index contributed by atoms with van der Waals surface area (Å²) in [4.78, 5) is 3.90. The Balaban J connectivity index is 2.24. The van der Waals surface area contributed by atoms with Crippen LogP contribution in [0.25, 0.3) is 0 Å². The fourth-order valence-electron chi connectivity index (χ4n) is 1.21. The molecule has 1 aromatic carbocycles. The third kappa shape index (κ3) is 2.50. The van der Waals surface area contributed by atoms with E-state index in [0.29, 0.717) is 22.1 Å². The highest BCUT2D eigenvalue weighted by Crippen LogP contribution is 2.23. The van der Waals surface area contributed by atoms with Gasteiger partial charge in [0.05, 0.1) is 22.9 Å². The van der Waals surface area contributed by atoms with E-state index in [1.165, 1.54) is 6.20 Å². The molecule has 2 aromatic rings. The standard InChI is InChI=1S/C12H7ClN2O/c13-10-5-12(8-15-7-10)16-11-3-1-2-9(4-11)6-14/h1-5,7-8H. The van der Waals surface area contributed by atoms with Gasteiger partial charge in [0.15, 0.2) is 0 Å². The number of hydrogen-bond donors (Lipinski definition) is 0. The first-order valence-electron chi connectivity index (χ1n) is 4.56. The molecule has 0 atom stereocenters. The predicted octanol–water partition coefficient (Wildman–Crippen LogP) is 3.40. The van der Waals surface area contributed by atoms with E-state index in [1.54, 1.807) is 36.5 Å². The fourth-order valence-corrected chi connectivity index (χ4v) is 1.38. The van der Waals surface area contributed by atoms with Crippen molar-refractivity contribution in [3.8, 4) is 17.6 Å². The van der Waals surface area contributed by atoms with Crippen LogP contribution in [0.2, 0.25) is 5.02 Å². The molecule has 0 radical (unpaired) electrons. The van der Waals surface area contributed by atoms with E-state index in [2.05, 4.69) is 4.98 Å². The quantitative estimate of drug-likeness (QED) is 0.794. The molecule has 0 bridgehead atoms. The Morgan fingerprint density at radius 1 is 1.19 bits per heavy atom. The zero-order valence-corrected chi connectivity index (χ0v) is 8.98. The summed E-state index contributed by atoms with van der Waals surface area (Å²) in [7, 11) is 0. The summed E-state index contributed by atoms with van der Waals surface area (Å²) in [6.45, 7) is 0. The lowest BCUT2D eigenvalue weighted by Crippen LogP contribution is -1.86. The maximum atomic E-state index is 8.73. The largest absolute Gasteiger partial charge is 0.456 e. The SMILES string of the molecule is N#Cc1cccc(Oc2cncc(Cl)c2)c1. The summed E-state index contributed by atoms with van der Waals surface area (Å²) in [6, 6.07) is 10.6. The van der Waals surface area contributed by atoms with Crippen molar-refractivity contribution in [1.29, 1.82) is 5.26 Å². The van der Waals surface area contributed by atoms with Crippen molar-refractivity contribution in [3.05, 3.63) is 53.3 Å². The average molecular weight is 231 g/mol. The van der Waals surface area contributed by atoms with Crippen molar-refractivity contribution in [2.24, 2.45) is 0 Å². The monoisotopic (exact) mass is 230 g/mol. The van der Waals surface area contributed by atoms with Crippen LogP contribution in [-0.4, -0.2) is 4.98 Å². The molecule has 0 saturated carbocycles. The molecule has 16 heavy (non-hydrogen) atoms. The summed E-state index contributed by atoms with van der Waals surface area (Å²) in [5.41, 5.74) is 0.549. The van der Waals surface area contributed by atoms with E-state index in [9.17, 15) is 0 Å². The van der Waals surface area contributed by atoms with E-state index in [0.717, 1.165) is 0 Å². The molecule has 0 aliphatic rings. The van der Waals surface area contributed by atoms with E-state index < -0.39 is 0 Å². The molecule has 0 saturated heterocycles. The van der Waals surface area contributed by atoms with E-state index in [1.807, 2.05) is 6.07 Å². The molecule has 0 spiro atoms. The lowest BCUT2D eigenvalue weighted by Gasteiger charge is -2.05. The van der Waals surface area contributed by atoms with Gasteiger partial charge in [0.1, 0.15) is 11.5 Å². The first-order valence-corrected chi connectivity index (χ1v) is 4.94. The van der Waals surface area contributed by atoms with Gasteiger partial charge in [0.25, 0.3) is 0 Å². The minimum atomic E-state index is 0.508. The summed E-state index contributed by atoms with van der Waals surface area (Å²) < 4.78 is 5.50. The van der Waals surface area contributed by atoms with Gasteiger partial charge in [-0.1, -0.05) is 17.7 Å². The number of pyridine rings is 1. The molecule has 0 unspecified atom stereocenters. The Kier molecular flexibility index (Phi) is 3.04. The van der Waals surface area contributed by atoms with Gasteiger partial charge in [0.2, 0.25) is 0 Å². The number of halogens is 1. The Bertz CT molecular complexity index is 549. The zero-order valence-electron chi connectivity index (χ0n) is 8.22. The second-order valence-corrected chi connectivity index (χ2v) is 3.52. The van der Waals surface area contributed by atoms with Crippen LogP contribution < -0.4 is 4.74 Å². The summed E-state index contributed by atoms with van der Waals surface area (Å²) in [5, 5.41) is 9.24. The van der Waals surface area contributed by atoms with Crippen LogP contribution in [0, 0.1) is 11.3 Å². The van der Waals surface area contributed by atoms with Crippen LogP contribution in [0.3, 0.4) is 0 Å². The van der Waals surface area contributed by atoms with Crippen molar-refractivity contribution in [2.75, 3.05) is 0 Å². The smallest absolute Gasteiger partial charge is 0.147 e. The number of hydrogen-bond acceptors (Lipinski definition) is 3. The molecule has 4 heteroatoms. The normalized spacial score (nSPS) is 9.50. The van der Waals surface area contributed by atoms with Gasteiger partial charge in [-0.2, -0.15) is 5.26 Å². The highest BCUT2D eigenvalue weighted by atomic mass is 35.5. The maximum absolute atomic E-state index is 8.73. The molecule has 1 heterocycles. The Morgan fingerprint density at radius 2 is 2.06 bits per heavy atom. The van der Waals surface area contributed by atoms with Crippen molar-refractivity contribution < 1.29 is 4.74 Å². The lowest BCUT2D eigenvalue weighted by molar-refractivity contribution is 0.480. The number of nitriles is 1. The first-order chi connectivity index (χ1) is 7.78. The van der Waals surface area contributed by atoms with Gasteiger partial charge in [-0.3, -0.25) is 4.98 Å². The number of ether oxygens (including phenoxy) is 1. The zero-order chi connectivity index (χ0) is 11.4. The highest BCUT2D eigenvalue weighted by molar-refractivity contribution is 6.30. The third-order valence-electron chi connectivity index (χ3n) is 1.88. The third-order valence-corrected chi connectivity index (χ3v) is 2.09. The van der Waals surface area contributed by atoms with E-state index >= 15 is 0 Å². The average Bonchev–Trinajstić information content (AvgIpc) is 2.29. The van der Waals surface area contributed by atoms with E-state index in [4.69, 9.17) is 21.6 Å². The summed E-state index contributed by atoms with van der Waals surface area (Å²) in [6.07, 6.45) is 3.09. The summed E-state index contributed by atoms with van der Waals surface area (Å²) in [5.74, 6) is 1.13. The molecule has 2 rings (SSSR count). The number of benzene rings is 1. The molecule has 0 aliphatic carbocycles. The molecular formula is C12H7ClN2O. The number of nitrogens with zero attached hydrogens (tertiary/aromatic N) is 2. The molecule has 3 nitrogen and oxygen atoms in total.